The first kappa shape index (κ1) is 13.5. The second-order valence-electron chi connectivity index (χ2n) is 5.21. The molecule has 0 saturated carbocycles. The van der Waals surface area contributed by atoms with E-state index in [0.717, 1.165) is 16.8 Å². The average molecular weight is 279 g/mol. The molecule has 4 nitrogen and oxygen atoms in total. The maximum Gasteiger partial charge on any atom is 0.266 e. The van der Waals surface area contributed by atoms with Gasteiger partial charge in [-0.3, -0.25) is 9.36 Å². The van der Waals surface area contributed by atoms with Crippen LogP contribution in [0.3, 0.4) is 0 Å². The second-order valence-corrected chi connectivity index (χ2v) is 5.21. The largest absolute Gasteiger partial charge is 0.322 e. The molecule has 0 bridgehead atoms. The topological polar surface area (TPSA) is 60.9 Å². The Morgan fingerprint density at radius 2 is 1.81 bits per heavy atom. The third kappa shape index (κ3) is 2.23. The van der Waals surface area contributed by atoms with E-state index in [9.17, 15) is 4.79 Å². The van der Waals surface area contributed by atoms with Crippen molar-refractivity contribution < 1.29 is 0 Å². The first-order chi connectivity index (χ1) is 10.1. The van der Waals surface area contributed by atoms with E-state index in [1.807, 2.05) is 62.4 Å². The lowest BCUT2D eigenvalue weighted by molar-refractivity contribution is 0.696. The Morgan fingerprint density at radius 1 is 1.10 bits per heavy atom. The maximum atomic E-state index is 12.9. The highest BCUT2D eigenvalue weighted by atomic mass is 16.1. The lowest BCUT2D eigenvalue weighted by atomic mass is 10.1. The highest BCUT2D eigenvalue weighted by Gasteiger charge is 2.16. The van der Waals surface area contributed by atoms with Crippen molar-refractivity contribution in [1.29, 1.82) is 0 Å². The predicted molar refractivity (Wildman–Crippen MR) is 84.7 cm³/mol. The molecule has 1 atom stereocenters. The Labute approximate surface area is 122 Å². The van der Waals surface area contributed by atoms with Gasteiger partial charge < -0.3 is 5.73 Å². The lowest BCUT2D eigenvalue weighted by Crippen LogP contribution is -2.27. The number of hydrogen-bond donors (Lipinski definition) is 1. The quantitative estimate of drug-likeness (QED) is 0.784. The van der Waals surface area contributed by atoms with E-state index in [4.69, 9.17) is 5.73 Å². The Balaban J connectivity index is 2.46. The molecule has 3 rings (SSSR count). The molecule has 0 radical (unpaired) electrons. The molecule has 0 saturated heterocycles. The number of para-hydroxylation sites is 2. The molecule has 1 unspecified atom stereocenters. The molecule has 0 aliphatic heterocycles. The van der Waals surface area contributed by atoms with Crippen LogP contribution < -0.4 is 11.3 Å². The van der Waals surface area contributed by atoms with Crippen LogP contribution >= 0.6 is 0 Å². The SMILES string of the molecule is Cc1cccc2c(=O)n(-c3ccccc3)c(C(C)N)nc12. The summed E-state index contributed by atoms with van der Waals surface area (Å²) in [6, 6.07) is 14.8. The van der Waals surface area contributed by atoms with Gasteiger partial charge in [-0.15, -0.1) is 0 Å². The molecule has 2 N–H and O–H groups in total. The lowest BCUT2D eigenvalue weighted by Gasteiger charge is -2.16. The summed E-state index contributed by atoms with van der Waals surface area (Å²) in [5.41, 5.74) is 8.44. The zero-order chi connectivity index (χ0) is 15.0. The number of nitrogens with two attached hydrogens (primary N) is 1. The molecule has 0 aliphatic rings. The van der Waals surface area contributed by atoms with Crippen LogP contribution in [0.4, 0.5) is 0 Å². The van der Waals surface area contributed by atoms with E-state index >= 15 is 0 Å². The number of hydrogen-bond acceptors (Lipinski definition) is 3. The van der Waals surface area contributed by atoms with E-state index < -0.39 is 0 Å². The minimum Gasteiger partial charge on any atom is -0.322 e. The standard InChI is InChI=1S/C17H17N3O/c1-11-7-6-10-14-15(11)19-16(12(2)18)20(17(14)21)13-8-4-3-5-9-13/h3-10,12H,18H2,1-2H3. The van der Waals surface area contributed by atoms with E-state index in [-0.39, 0.29) is 11.6 Å². The molecule has 4 heteroatoms. The van der Waals surface area contributed by atoms with Gasteiger partial charge in [0, 0.05) is 0 Å². The number of benzene rings is 2. The molecular formula is C17H17N3O. The van der Waals surface area contributed by atoms with Gasteiger partial charge in [0.25, 0.3) is 5.56 Å². The first-order valence-electron chi connectivity index (χ1n) is 6.93. The Bertz CT molecular complexity index is 851. The van der Waals surface area contributed by atoms with Gasteiger partial charge in [0.15, 0.2) is 0 Å². The van der Waals surface area contributed by atoms with Crippen molar-refractivity contribution in [2.24, 2.45) is 5.73 Å². The van der Waals surface area contributed by atoms with Crippen LogP contribution in [0.2, 0.25) is 0 Å². The van der Waals surface area contributed by atoms with Crippen LogP contribution in [0.25, 0.3) is 16.6 Å². The summed E-state index contributed by atoms with van der Waals surface area (Å²) in [7, 11) is 0. The van der Waals surface area contributed by atoms with E-state index in [1.165, 1.54) is 0 Å². The molecule has 0 amide bonds. The molecule has 0 aliphatic carbocycles. The van der Waals surface area contributed by atoms with Crippen molar-refractivity contribution in [1.82, 2.24) is 9.55 Å². The average Bonchev–Trinajstić information content (AvgIpc) is 2.48. The molecular weight excluding hydrogens is 262 g/mol. The zero-order valence-electron chi connectivity index (χ0n) is 12.1. The molecule has 3 aromatic rings. The van der Waals surface area contributed by atoms with Crippen molar-refractivity contribution in [2.75, 3.05) is 0 Å². The van der Waals surface area contributed by atoms with Crippen LogP contribution in [0.1, 0.15) is 24.4 Å². The first-order valence-corrected chi connectivity index (χ1v) is 6.93. The van der Waals surface area contributed by atoms with Crippen molar-refractivity contribution in [3.8, 4) is 5.69 Å². The van der Waals surface area contributed by atoms with Gasteiger partial charge in [0.1, 0.15) is 5.82 Å². The fourth-order valence-electron chi connectivity index (χ4n) is 2.50. The van der Waals surface area contributed by atoms with Crippen LogP contribution in [-0.4, -0.2) is 9.55 Å². The monoisotopic (exact) mass is 279 g/mol. The minimum absolute atomic E-state index is 0.0813. The van der Waals surface area contributed by atoms with Gasteiger partial charge in [-0.25, -0.2) is 4.98 Å². The van der Waals surface area contributed by atoms with Crippen LogP contribution in [-0.2, 0) is 0 Å². The van der Waals surface area contributed by atoms with Gasteiger partial charge in [0.2, 0.25) is 0 Å². The molecule has 0 spiro atoms. The Hall–Kier alpha value is -2.46. The summed E-state index contributed by atoms with van der Waals surface area (Å²) in [5, 5.41) is 0.614. The molecule has 2 aromatic carbocycles. The summed E-state index contributed by atoms with van der Waals surface area (Å²) in [6.07, 6.45) is 0. The van der Waals surface area contributed by atoms with Crippen LogP contribution in [0.5, 0.6) is 0 Å². The highest BCUT2D eigenvalue weighted by Crippen LogP contribution is 2.18. The highest BCUT2D eigenvalue weighted by molar-refractivity contribution is 5.81. The van der Waals surface area contributed by atoms with Gasteiger partial charge in [0.05, 0.1) is 22.6 Å². The number of aryl methyl sites for hydroxylation is 1. The normalized spacial score (nSPS) is 12.5. The number of fused-ring (bicyclic) bond motifs is 1. The third-order valence-corrected chi connectivity index (χ3v) is 3.55. The third-order valence-electron chi connectivity index (χ3n) is 3.55. The predicted octanol–water partition coefficient (Wildman–Crippen LogP) is 2.71. The number of aromatic nitrogens is 2. The van der Waals surface area contributed by atoms with Crippen molar-refractivity contribution in [2.45, 2.75) is 19.9 Å². The van der Waals surface area contributed by atoms with E-state index in [2.05, 4.69) is 4.98 Å². The van der Waals surface area contributed by atoms with Crippen molar-refractivity contribution in [3.05, 3.63) is 70.3 Å². The molecule has 0 fully saturated rings. The smallest absolute Gasteiger partial charge is 0.266 e. The summed E-state index contributed by atoms with van der Waals surface area (Å²) < 4.78 is 1.60. The number of rotatable bonds is 2. The molecule has 1 heterocycles. The second kappa shape index (κ2) is 5.14. The molecule has 106 valence electrons. The number of nitrogens with zero attached hydrogens (tertiary/aromatic N) is 2. The van der Waals surface area contributed by atoms with Gasteiger partial charge in [-0.2, -0.15) is 0 Å². The minimum atomic E-state index is -0.332. The zero-order valence-corrected chi connectivity index (χ0v) is 12.1. The van der Waals surface area contributed by atoms with Crippen molar-refractivity contribution >= 4 is 10.9 Å². The van der Waals surface area contributed by atoms with E-state index in [0.29, 0.717) is 11.2 Å². The summed E-state index contributed by atoms with van der Waals surface area (Å²) in [4.78, 5) is 17.5. The fraction of sp³-hybridized carbons (Fsp3) is 0.176. The van der Waals surface area contributed by atoms with Gasteiger partial charge in [-0.05, 0) is 37.6 Å². The van der Waals surface area contributed by atoms with Crippen molar-refractivity contribution in [3.63, 3.8) is 0 Å². The van der Waals surface area contributed by atoms with Gasteiger partial charge >= 0.3 is 0 Å². The summed E-state index contributed by atoms with van der Waals surface area (Å²) >= 11 is 0. The van der Waals surface area contributed by atoms with Gasteiger partial charge in [-0.1, -0.05) is 30.3 Å². The maximum absolute atomic E-state index is 12.9. The van der Waals surface area contributed by atoms with Crippen LogP contribution in [0, 0.1) is 6.92 Å². The summed E-state index contributed by atoms with van der Waals surface area (Å²) in [5.74, 6) is 0.577. The Kier molecular flexibility index (Phi) is 3.31. The van der Waals surface area contributed by atoms with E-state index in [1.54, 1.807) is 4.57 Å². The molecule has 21 heavy (non-hydrogen) atoms. The van der Waals surface area contributed by atoms with Crippen LogP contribution in [0.15, 0.2) is 53.3 Å². The fourth-order valence-corrected chi connectivity index (χ4v) is 2.50. The summed E-state index contributed by atoms with van der Waals surface area (Å²) in [6.45, 7) is 3.79. The molecule has 1 aromatic heterocycles. The Morgan fingerprint density at radius 3 is 2.48 bits per heavy atom.